The first-order valence-electron chi connectivity index (χ1n) is 4.83. The number of benzene rings is 1. The van der Waals surface area contributed by atoms with Crippen LogP contribution < -0.4 is 5.48 Å². The van der Waals surface area contributed by atoms with E-state index in [-0.39, 0.29) is 11.1 Å². The molecule has 1 rings (SSSR count). The maximum atomic E-state index is 11.7. The van der Waals surface area contributed by atoms with Crippen LogP contribution in [0.25, 0.3) is 0 Å². The number of nitrogens with one attached hydrogen (secondary N) is 1. The summed E-state index contributed by atoms with van der Waals surface area (Å²) in [5.41, 5.74) is 2.87. The van der Waals surface area contributed by atoms with Crippen LogP contribution in [0.2, 0.25) is 0 Å². The highest BCUT2D eigenvalue weighted by Crippen LogP contribution is 2.14. The molecular formula is C11H13NO4. The van der Waals surface area contributed by atoms with E-state index >= 15 is 0 Å². The lowest BCUT2D eigenvalue weighted by molar-refractivity contribution is 0.0360. The highest BCUT2D eigenvalue weighted by molar-refractivity contribution is 6.05. The summed E-state index contributed by atoms with van der Waals surface area (Å²) < 4.78 is 0. The van der Waals surface area contributed by atoms with Crippen molar-refractivity contribution < 1.29 is 19.5 Å². The first-order chi connectivity index (χ1) is 7.57. The number of carbonyl (C=O) groups is 2. The lowest BCUT2D eigenvalue weighted by Gasteiger charge is -2.09. The lowest BCUT2D eigenvalue weighted by atomic mass is 10.0. The van der Waals surface area contributed by atoms with Gasteiger partial charge in [-0.25, -0.2) is 10.3 Å². The highest BCUT2D eigenvalue weighted by atomic mass is 16.6. The Labute approximate surface area is 93.0 Å². The number of carboxylic acid groups (broad SMARTS) is 1. The molecule has 2 N–H and O–H groups in total. The number of hydrogen-bond acceptors (Lipinski definition) is 3. The molecule has 0 aliphatic heterocycles. The Hall–Kier alpha value is -1.88. The molecule has 0 unspecified atom stereocenters. The van der Waals surface area contributed by atoms with E-state index in [0.717, 1.165) is 0 Å². The van der Waals surface area contributed by atoms with Gasteiger partial charge >= 0.3 is 5.97 Å². The average Bonchev–Trinajstić information content (AvgIpc) is 2.25. The molecule has 5 heteroatoms. The SMILES string of the molecule is CCONC(=O)c1c(C)cccc1C(=O)O. The summed E-state index contributed by atoms with van der Waals surface area (Å²) in [5.74, 6) is -1.68. The van der Waals surface area contributed by atoms with E-state index in [2.05, 4.69) is 5.48 Å². The molecule has 0 fully saturated rings. The van der Waals surface area contributed by atoms with E-state index in [1.807, 2.05) is 0 Å². The molecule has 0 aliphatic rings. The van der Waals surface area contributed by atoms with Gasteiger partial charge in [-0.2, -0.15) is 0 Å². The van der Waals surface area contributed by atoms with Gasteiger partial charge in [0.05, 0.1) is 17.7 Å². The van der Waals surface area contributed by atoms with Crippen LogP contribution in [0.4, 0.5) is 0 Å². The number of aromatic carboxylic acids is 1. The molecule has 86 valence electrons. The predicted octanol–water partition coefficient (Wildman–Crippen LogP) is 1.37. The minimum absolute atomic E-state index is 0.0304. The van der Waals surface area contributed by atoms with Crippen molar-refractivity contribution in [3.8, 4) is 0 Å². The molecular weight excluding hydrogens is 210 g/mol. The third-order valence-corrected chi connectivity index (χ3v) is 2.04. The third kappa shape index (κ3) is 2.58. The first-order valence-corrected chi connectivity index (χ1v) is 4.83. The van der Waals surface area contributed by atoms with Gasteiger partial charge in [-0.3, -0.25) is 9.63 Å². The highest BCUT2D eigenvalue weighted by Gasteiger charge is 2.18. The number of carbonyl (C=O) groups excluding carboxylic acids is 1. The average molecular weight is 223 g/mol. The van der Waals surface area contributed by atoms with Gasteiger partial charge in [0.15, 0.2) is 0 Å². The lowest BCUT2D eigenvalue weighted by Crippen LogP contribution is -2.26. The number of carboxylic acids is 1. The van der Waals surface area contributed by atoms with E-state index < -0.39 is 11.9 Å². The van der Waals surface area contributed by atoms with Gasteiger partial charge in [-0.15, -0.1) is 0 Å². The maximum absolute atomic E-state index is 11.7. The molecule has 0 atom stereocenters. The third-order valence-electron chi connectivity index (χ3n) is 2.04. The van der Waals surface area contributed by atoms with Gasteiger partial charge in [0.25, 0.3) is 5.91 Å². The van der Waals surface area contributed by atoms with Crippen LogP contribution >= 0.6 is 0 Å². The normalized spacial score (nSPS) is 9.88. The first kappa shape index (κ1) is 12.2. The van der Waals surface area contributed by atoms with Gasteiger partial charge in [0, 0.05) is 0 Å². The minimum Gasteiger partial charge on any atom is -0.478 e. The van der Waals surface area contributed by atoms with Crippen LogP contribution in [0.1, 0.15) is 33.2 Å². The van der Waals surface area contributed by atoms with Gasteiger partial charge in [0.2, 0.25) is 0 Å². The van der Waals surface area contributed by atoms with Crippen LogP contribution in [0.3, 0.4) is 0 Å². The summed E-state index contributed by atoms with van der Waals surface area (Å²) in [4.78, 5) is 27.3. The molecule has 0 spiro atoms. The fraction of sp³-hybridized carbons (Fsp3) is 0.273. The molecule has 5 nitrogen and oxygen atoms in total. The monoisotopic (exact) mass is 223 g/mol. The molecule has 0 saturated carbocycles. The molecule has 0 radical (unpaired) electrons. The van der Waals surface area contributed by atoms with Crippen LogP contribution in [-0.2, 0) is 4.84 Å². The Morgan fingerprint density at radius 3 is 2.69 bits per heavy atom. The standard InChI is InChI=1S/C11H13NO4/c1-3-16-12-10(13)9-7(2)5-4-6-8(9)11(14)15/h4-6H,3H2,1-2H3,(H,12,13)(H,14,15). The molecule has 1 amide bonds. The zero-order valence-electron chi connectivity index (χ0n) is 9.11. The van der Waals surface area contributed by atoms with Crippen molar-refractivity contribution in [1.29, 1.82) is 0 Å². The molecule has 0 saturated heterocycles. The Bertz CT molecular complexity index is 414. The van der Waals surface area contributed by atoms with E-state index in [1.54, 1.807) is 26.0 Å². The van der Waals surface area contributed by atoms with Crippen molar-refractivity contribution in [3.05, 3.63) is 34.9 Å². The molecule has 0 bridgehead atoms. The minimum atomic E-state index is -1.13. The summed E-state index contributed by atoms with van der Waals surface area (Å²) in [6.45, 7) is 3.71. The largest absolute Gasteiger partial charge is 0.478 e. The predicted molar refractivity (Wildman–Crippen MR) is 57.2 cm³/mol. The second-order valence-corrected chi connectivity index (χ2v) is 3.17. The summed E-state index contributed by atoms with van der Waals surface area (Å²) in [6, 6.07) is 4.65. The zero-order chi connectivity index (χ0) is 12.1. The second-order valence-electron chi connectivity index (χ2n) is 3.17. The number of aryl methyl sites for hydroxylation is 1. The summed E-state index contributed by atoms with van der Waals surface area (Å²) in [6.07, 6.45) is 0. The van der Waals surface area contributed by atoms with Gasteiger partial charge < -0.3 is 5.11 Å². The summed E-state index contributed by atoms with van der Waals surface area (Å²) in [7, 11) is 0. The Kier molecular flexibility index (Phi) is 4.02. The quantitative estimate of drug-likeness (QED) is 0.756. The summed E-state index contributed by atoms with van der Waals surface area (Å²) >= 11 is 0. The van der Waals surface area contributed by atoms with E-state index in [4.69, 9.17) is 9.94 Å². The molecule has 0 aromatic heterocycles. The van der Waals surface area contributed by atoms with Gasteiger partial charge in [-0.05, 0) is 25.5 Å². The van der Waals surface area contributed by atoms with Crippen LogP contribution in [0.15, 0.2) is 18.2 Å². The van der Waals surface area contributed by atoms with E-state index in [9.17, 15) is 9.59 Å². The van der Waals surface area contributed by atoms with Crippen molar-refractivity contribution in [1.82, 2.24) is 5.48 Å². The Balaban J connectivity index is 3.10. The molecule has 1 aromatic rings. The van der Waals surface area contributed by atoms with Crippen LogP contribution in [0, 0.1) is 6.92 Å². The van der Waals surface area contributed by atoms with Crippen molar-refractivity contribution in [2.24, 2.45) is 0 Å². The van der Waals surface area contributed by atoms with Crippen molar-refractivity contribution in [3.63, 3.8) is 0 Å². The Morgan fingerprint density at radius 1 is 1.44 bits per heavy atom. The molecule has 0 aliphatic carbocycles. The maximum Gasteiger partial charge on any atom is 0.336 e. The topological polar surface area (TPSA) is 75.6 Å². The van der Waals surface area contributed by atoms with E-state index in [0.29, 0.717) is 12.2 Å². The fourth-order valence-corrected chi connectivity index (χ4v) is 1.34. The summed E-state index contributed by atoms with van der Waals surface area (Å²) in [5, 5.41) is 8.94. The molecule has 1 aromatic carbocycles. The number of rotatable bonds is 4. The second kappa shape index (κ2) is 5.27. The van der Waals surface area contributed by atoms with Gasteiger partial charge in [0.1, 0.15) is 0 Å². The van der Waals surface area contributed by atoms with Crippen LogP contribution in [0.5, 0.6) is 0 Å². The van der Waals surface area contributed by atoms with E-state index in [1.165, 1.54) is 6.07 Å². The zero-order valence-corrected chi connectivity index (χ0v) is 9.11. The smallest absolute Gasteiger partial charge is 0.336 e. The number of hydroxylamine groups is 1. The van der Waals surface area contributed by atoms with Crippen molar-refractivity contribution in [2.75, 3.05) is 6.61 Å². The molecule has 0 heterocycles. The van der Waals surface area contributed by atoms with Crippen molar-refractivity contribution in [2.45, 2.75) is 13.8 Å². The molecule has 16 heavy (non-hydrogen) atoms. The van der Waals surface area contributed by atoms with Crippen LogP contribution in [-0.4, -0.2) is 23.6 Å². The Morgan fingerprint density at radius 2 is 2.12 bits per heavy atom. The number of amides is 1. The number of hydrogen-bond donors (Lipinski definition) is 2. The van der Waals surface area contributed by atoms with Gasteiger partial charge in [-0.1, -0.05) is 12.1 Å². The van der Waals surface area contributed by atoms with Crippen molar-refractivity contribution >= 4 is 11.9 Å². The fourth-order valence-electron chi connectivity index (χ4n) is 1.34.